The first kappa shape index (κ1) is 18.5. The molecule has 6 nitrogen and oxygen atoms in total. The van der Waals surface area contributed by atoms with Gasteiger partial charge in [0.2, 0.25) is 5.95 Å². The fourth-order valence-electron chi connectivity index (χ4n) is 2.52. The zero-order valence-electron chi connectivity index (χ0n) is 13.3. The topological polar surface area (TPSA) is 73.5 Å². The van der Waals surface area contributed by atoms with Crippen LogP contribution >= 0.6 is 34.8 Å². The summed E-state index contributed by atoms with van der Waals surface area (Å²) < 4.78 is 11.2. The lowest BCUT2D eigenvalue weighted by Crippen LogP contribution is -2.38. The second kappa shape index (κ2) is 8.38. The molecule has 0 spiro atoms. The molecule has 3 rings (SSSR count). The number of nitrogens with two attached hydrogens (primary N) is 1. The number of halogens is 3. The van der Waals surface area contributed by atoms with Crippen molar-refractivity contribution in [1.82, 2.24) is 14.9 Å². The fraction of sp³-hybridized carbons (Fsp3) is 0.375. The van der Waals surface area contributed by atoms with Crippen molar-refractivity contribution in [2.75, 3.05) is 45.2 Å². The van der Waals surface area contributed by atoms with E-state index in [0.717, 1.165) is 32.8 Å². The highest BCUT2D eigenvalue weighted by molar-refractivity contribution is 6.37. The van der Waals surface area contributed by atoms with Gasteiger partial charge in [0.05, 0.1) is 29.0 Å². The molecule has 0 atom stereocenters. The Morgan fingerprint density at radius 1 is 1.08 bits per heavy atom. The van der Waals surface area contributed by atoms with Gasteiger partial charge in [0.1, 0.15) is 17.5 Å². The number of nitrogens with zero attached hydrogens (tertiary/aromatic N) is 3. The number of morpholine rings is 1. The van der Waals surface area contributed by atoms with Crippen LogP contribution in [0.4, 0.5) is 5.95 Å². The van der Waals surface area contributed by atoms with Crippen LogP contribution in [0.5, 0.6) is 5.75 Å². The molecule has 25 heavy (non-hydrogen) atoms. The van der Waals surface area contributed by atoms with E-state index in [0.29, 0.717) is 33.7 Å². The van der Waals surface area contributed by atoms with Gasteiger partial charge in [0.15, 0.2) is 0 Å². The second-order valence-electron chi connectivity index (χ2n) is 5.50. The number of aromatic nitrogens is 2. The summed E-state index contributed by atoms with van der Waals surface area (Å²) in [6.07, 6.45) is 0. The Hall–Kier alpha value is -1.31. The highest BCUT2D eigenvalue weighted by atomic mass is 35.5. The zero-order chi connectivity index (χ0) is 17.8. The van der Waals surface area contributed by atoms with E-state index in [1.54, 1.807) is 18.2 Å². The lowest BCUT2D eigenvalue weighted by atomic mass is 10.1. The quantitative estimate of drug-likeness (QED) is 0.771. The lowest BCUT2D eigenvalue weighted by molar-refractivity contribution is 0.0322. The Kier molecular flexibility index (Phi) is 6.19. The molecule has 0 amide bonds. The Morgan fingerprint density at radius 2 is 1.84 bits per heavy atom. The van der Waals surface area contributed by atoms with Gasteiger partial charge in [-0.1, -0.05) is 34.8 Å². The van der Waals surface area contributed by atoms with Crippen LogP contribution < -0.4 is 10.5 Å². The smallest absolute Gasteiger partial charge is 0.221 e. The molecule has 2 aromatic rings. The van der Waals surface area contributed by atoms with Crippen LogP contribution in [-0.4, -0.2) is 54.3 Å². The van der Waals surface area contributed by atoms with Gasteiger partial charge in [-0.15, -0.1) is 0 Å². The maximum absolute atomic E-state index is 6.29. The molecular formula is C16H17Cl3N4O2. The summed E-state index contributed by atoms with van der Waals surface area (Å²) in [6, 6.07) is 4.95. The SMILES string of the molecule is Nc1nc(Cl)cc(-c2cc(OCCN3CCOCC3)c(Cl)cc2Cl)n1. The van der Waals surface area contributed by atoms with E-state index < -0.39 is 0 Å². The molecule has 0 unspecified atom stereocenters. The third-order valence-corrected chi connectivity index (χ3v) is 4.58. The summed E-state index contributed by atoms with van der Waals surface area (Å²) in [4.78, 5) is 10.3. The molecule has 1 saturated heterocycles. The van der Waals surface area contributed by atoms with Crippen molar-refractivity contribution in [1.29, 1.82) is 0 Å². The summed E-state index contributed by atoms with van der Waals surface area (Å²) >= 11 is 18.5. The van der Waals surface area contributed by atoms with Crippen LogP contribution in [-0.2, 0) is 4.74 Å². The molecule has 2 heterocycles. The average Bonchev–Trinajstić information content (AvgIpc) is 2.57. The molecule has 1 aromatic carbocycles. The average molecular weight is 404 g/mol. The van der Waals surface area contributed by atoms with Gasteiger partial charge in [0, 0.05) is 31.3 Å². The molecule has 0 saturated carbocycles. The summed E-state index contributed by atoms with van der Waals surface area (Å²) in [5.74, 6) is 0.603. The van der Waals surface area contributed by atoms with Crippen molar-refractivity contribution in [3.63, 3.8) is 0 Å². The first-order chi connectivity index (χ1) is 12.0. The summed E-state index contributed by atoms with van der Waals surface area (Å²) in [5, 5.41) is 1.10. The summed E-state index contributed by atoms with van der Waals surface area (Å²) in [6.45, 7) is 4.62. The third kappa shape index (κ3) is 4.86. The number of rotatable bonds is 5. The number of hydrogen-bond acceptors (Lipinski definition) is 6. The molecular weight excluding hydrogens is 387 g/mol. The molecule has 1 aliphatic rings. The molecule has 0 aliphatic carbocycles. The van der Waals surface area contributed by atoms with Crippen LogP contribution in [0, 0.1) is 0 Å². The van der Waals surface area contributed by atoms with E-state index in [1.807, 2.05) is 0 Å². The van der Waals surface area contributed by atoms with Crippen LogP contribution in [0.2, 0.25) is 15.2 Å². The predicted octanol–water partition coefficient (Wildman–Crippen LogP) is 3.40. The van der Waals surface area contributed by atoms with Crippen molar-refractivity contribution in [3.8, 4) is 17.0 Å². The summed E-state index contributed by atoms with van der Waals surface area (Å²) in [7, 11) is 0. The normalized spacial score (nSPS) is 15.3. The maximum atomic E-state index is 6.29. The standard InChI is InChI=1S/C16H17Cl3N4O2/c17-11-8-12(18)14(25-6-3-23-1-4-24-5-2-23)7-10(11)13-9-15(19)22-16(20)21-13/h7-9H,1-6H2,(H2,20,21,22). The van der Waals surface area contributed by atoms with Crippen LogP contribution in [0.15, 0.2) is 18.2 Å². The van der Waals surface area contributed by atoms with E-state index in [-0.39, 0.29) is 11.1 Å². The fourth-order valence-corrected chi connectivity index (χ4v) is 3.24. The molecule has 2 N–H and O–H groups in total. The minimum Gasteiger partial charge on any atom is -0.491 e. The number of anilines is 1. The van der Waals surface area contributed by atoms with Crippen molar-refractivity contribution >= 4 is 40.8 Å². The second-order valence-corrected chi connectivity index (χ2v) is 6.70. The Balaban J connectivity index is 1.75. The maximum Gasteiger partial charge on any atom is 0.221 e. The van der Waals surface area contributed by atoms with Crippen molar-refractivity contribution in [3.05, 3.63) is 33.4 Å². The first-order valence-electron chi connectivity index (χ1n) is 7.75. The Bertz CT molecular complexity index is 734. The van der Waals surface area contributed by atoms with Gasteiger partial charge in [-0.2, -0.15) is 0 Å². The van der Waals surface area contributed by atoms with Gasteiger partial charge in [0.25, 0.3) is 0 Å². The molecule has 1 aliphatic heterocycles. The molecule has 1 fully saturated rings. The first-order valence-corrected chi connectivity index (χ1v) is 8.88. The number of nitrogen functional groups attached to an aromatic ring is 1. The summed E-state index contributed by atoms with van der Waals surface area (Å²) in [5.41, 5.74) is 6.79. The number of ether oxygens (including phenoxy) is 2. The largest absolute Gasteiger partial charge is 0.491 e. The van der Waals surface area contributed by atoms with Gasteiger partial charge < -0.3 is 15.2 Å². The minimum atomic E-state index is 0.0725. The number of hydrogen-bond donors (Lipinski definition) is 1. The Morgan fingerprint density at radius 3 is 2.56 bits per heavy atom. The van der Waals surface area contributed by atoms with Gasteiger partial charge in [-0.05, 0) is 12.1 Å². The lowest BCUT2D eigenvalue weighted by Gasteiger charge is -2.26. The number of benzene rings is 1. The van der Waals surface area contributed by atoms with Gasteiger partial charge in [-0.3, -0.25) is 4.90 Å². The molecule has 0 radical (unpaired) electrons. The monoisotopic (exact) mass is 402 g/mol. The van der Waals surface area contributed by atoms with E-state index in [1.165, 1.54) is 0 Å². The Labute approximate surface area is 160 Å². The predicted molar refractivity (Wildman–Crippen MR) is 99.7 cm³/mol. The zero-order valence-corrected chi connectivity index (χ0v) is 15.6. The highest BCUT2D eigenvalue weighted by Gasteiger charge is 2.14. The van der Waals surface area contributed by atoms with E-state index >= 15 is 0 Å². The molecule has 9 heteroatoms. The molecule has 1 aromatic heterocycles. The molecule has 134 valence electrons. The highest BCUT2D eigenvalue weighted by Crippen LogP contribution is 2.36. The third-order valence-electron chi connectivity index (χ3n) is 3.78. The van der Waals surface area contributed by atoms with Crippen molar-refractivity contribution < 1.29 is 9.47 Å². The van der Waals surface area contributed by atoms with E-state index in [9.17, 15) is 0 Å². The molecule has 0 bridgehead atoms. The van der Waals surface area contributed by atoms with Crippen LogP contribution in [0.3, 0.4) is 0 Å². The minimum absolute atomic E-state index is 0.0725. The van der Waals surface area contributed by atoms with Crippen LogP contribution in [0.1, 0.15) is 0 Å². The van der Waals surface area contributed by atoms with Gasteiger partial charge >= 0.3 is 0 Å². The van der Waals surface area contributed by atoms with Gasteiger partial charge in [-0.25, -0.2) is 9.97 Å². The van der Waals surface area contributed by atoms with Crippen molar-refractivity contribution in [2.45, 2.75) is 0 Å². The van der Waals surface area contributed by atoms with Crippen LogP contribution in [0.25, 0.3) is 11.3 Å². The van der Waals surface area contributed by atoms with E-state index in [2.05, 4.69) is 14.9 Å². The van der Waals surface area contributed by atoms with E-state index in [4.69, 9.17) is 50.0 Å². The van der Waals surface area contributed by atoms with Crippen molar-refractivity contribution in [2.24, 2.45) is 0 Å².